The molecule has 0 fully saturated rings. The summed E-state index contributed by atoms with van der Waals surface area (Å²) in [5, 5.41) is 3.90. The molecule has 1 aromatic heterocycles. The minimum Gasteiger partial charge on any atom is -0.497 e. The van der Waals surface area contributed by atoms with Crippen molar-refractivity contribution in [2.75, 3.05) is 13.7 Å². The number of amides is 1. The Morgan fingerprint density at radius 3 is 2.64 bits per heavy atom. The van der Waals surface area contributed by atoms with Gasteiger partial charge < -0.3 is 14.8 Å². The molecule has 0 aliphatic carbocycles. The molecule has 0 unspecified atom stereocenters. The number of aryl methyl sites for hydroxylation is 1. The molecule has 0 saturated heterocycles. The number of hydrogen-bond acceptors (Lipinski definition) is 5. The van der Waals surface area contributed by atoms with Crippen LogP contribution >= 0.6 is 11.3 Å². The van der Waals surface area contributed by atoms with E-state index in [1.165, 1.54) is 0 Å². The Bertz CT molecular complexity index is 596. The summed E-state index contributed by atoms with van der Waals surface area (Å²) in [6.07, 6.45) is 2.93. The lowest BCUT2D eigenvalue weighted by atomic mass is 10.3. The number of carbonyl (C=O) groups is 1. The number of ether oxygens (including phenoxy) is 2. The second-order valence-corrected chi connectivity index (χ2v) is 6.07. The summed E-state index contributed by atoms with van der Waals surface area (Å²) >= 11 is 1.60. The summed E-state index contributed by atoms with van der Waals surface area (Å²) in [5.41, 5.74) is 0. The normalized spacial score (nSPS) is 10.3. The van der Waals surface area contributed by atoms with E-state index in [2.05, 4.69) is 10.3 Å². The summed E-state index contributed by atoms with van der Waals surface area (Å²) in [7, 11) is 1.63. The average molecular weight is 320 g/mol. The maximum absolute atomic E-state index is 11.7. The van der Waals surface area contributed by atoms with E-state index >= 15 is 0 Å². The van der Waals surface area contributed by atoms with Crippen LogP contribution in [0, 0.1) is 6.92 Å². The molecule has 2 rings (SSSR count). The number of benzene rings is 1. The first-order valence-electron chi connectivity index (χ1n) is 7.12. The molecule has 6 heteroatoms. The maximum Gasteiger partial charge on any atom is 0.220 e. The van der Waals surface area contributed by atoms with Crippen LogP contribution in [0.4, 0.5) is 0 Å². The standard InChI is InChI=1S/C16H20N2O3S/c1-12-17-10-15(22-12)11-18-16(19)4-3-9-21-14-7-5-13(20-2)6-8-14/h5-8,10H,3-4,9,11H2,1-2H3,(H,18,19). The largest absolute Gasteiger partial charge is 0.497 e. The molecule has 0 radical (unpaired) electrons. The molecule has 5 nitrogen and oxygen atoms in total. The Kier molecular flexibility index (Phi) is 6.21. The third kappa shape index (κ3) is 5.37. The number of thiazole rings is 1. The summed E-state index contributed by atoms with van der Waals surface area (Å²) in [6, 6.07) is 7.40. The van der Waals surface area contributed by atoms with E-state index in [-0.39, 0.29) is 5.91 Å². The Labute approximate surface area is 134 Å². The number of hydrogen-bond donors (Lipinski definition) is 1. The number of aromatic nitrogens is 1. The van der Waals surface area contributed by atoms with Gasteiger partial charge in [-0.1, -0.05) is 0 Å². The van der Waals surface area contributed by atoms with Gasteiger partial charge in [0.2, 0.25) is 5.91 Å². The second-order valence-electron chi connectivity index (χ2n) is 4.75. The SMILES string of the molecule is COc1ccc(OCCCC(=O)NCc2cnc(C)s2)cc1. The van der Waals surface area contributed by atoms with Crippen molar-refractivity contribution < 1.29 is 14.3 Å². The Morgan fingerprint density at radius 1 is 1.27 bits per heavy atom. The molecule has 2 aromatic rings. The lowest BCUT2D eigenvalue weighted by Gasteiger charge is -2.07. The third-order valence-corrected chi connectivity index (χ3v) is 3.92. The quantitative estimate of drug-likeness (QED) is 0.760. The predicted molar refractivity (Wildman–Crippen MR) is 86.4 cm³/mol. The highest BCUT2D eigenvalue weighted by Gasteiger charge is 2.04. The highest BCUT2D eigenvalue weighted by molar-refractivity contribution is 7.11. The Morgan fingerprint density at radius 2 is 2.00 bits per heavy atom. The van der Waals surface area contributed by atoms with E-state index in [0.717, 1.165) is 21.4 Å². The fourth-order valence-corrected chi connectivity index (χ4v) is 2.59. The molecule has 1 N–H and O–H groups in total. The van der Waals surface area contributed by atoms with Crippen molar-refractivity contribution in [3.63, 3.8) is 0 Å². The molecule has 0 spiro atoms. The monoisotopic (exact) mass is 320 g/mol. The maximum atomic E-state index is 11.7. The third-order valence-electron chi connectivity index (χ3n) is 3.01. The van der Waals surface area contributed by atoms with Gasteiger partial charge in [-0.3, -0.25) is 4.79 Å². The summed E-state index contributed by atoms with van der Waals surface area (Å²) < 4.78 is 10.7. The molecule has 1 aromatic carbocycles. The first kappa shape index (κ1) is 16.3. The summed E-state index contributed by atoms with van der Waals surface area (Å²) in [5.74, 6) is 1.61. The first-order valence-corrected chi connectivity index (χ1v) is 7.94. The second kappa shape index (κ2) is 8.38. The Balaban J connectivity index is 1.60. The van der Waals surface area contributed by atoms with Crippen LogP contribution in [-0.2, 0) is 11.3 Å². The van der Waals surface area contributed by atoms with Crippen molar-refractivity contribution >= 4 is 17.2 Å². The number of rotatable bonds is 8. The Hall–Kier alpha value is -2.08. The lowest BCUT2D eigenvalue weighted by Crippen LogP contribution is -2.22. The van der Waals surface area contributed by atoms with Gasteiger partial charge in [0.25, 0.3) is 0 Å². The van der Waals surface area contributed by atoms with Gasteiger partial charge in [-0.05, 0) is 37.6 Å². The molecule has 1 heterocycles. The van der Waals surface area contributed by atoms with Crippen molar-refractivity contribution in [3.8, 4) is 11.5 Å². The van der Waals surface area contributed by atoms with Crippen LogP contribution < -0.4 is 14.8 Å². The van der Waals surface area contributed by atoms with Gasteiger partial charge in [-0.2, -0.15) is 0 Å². The van der Waals surface area contributed by atoms with Crippen LogP contribution in [0.1, 0.15) is 22.7 Å². The van der Waals surface area contributed by atoms with Gasteiger partial charge in [-0.25, -0.2) is 4.98 Å². The van der Waals surface area contributed by atoms with E-state index < -0.39 is 0 Å². The minimum atomic E-state index is 0.0318. The highest BCUT2D eigenvalue weighted by Crippen LogP contribution is 2.17. The van der Waals surface area contributed by atoms with Crippen LogP contribution in [0.15, 0.2) is 30.5 Å². The molecule has 0 aliphatic rings. The van der Waals surface area contributed by atoms with E-state index in [0.29, 0.717) is 26.0 Å². The highest BCUT2D eigenvalue weighted by atomic mass is 32.1. The minimum absolute atomic E-state index is 0.0318. The van der Waals surface area contributed by atoms with Crippen LogP contribution in [-0.4, -0.2) is 24.6 Å². The molecule has 22 heavy (non-hydrogen) atoms. The van der Waals surface area contributed by atoms with Gasteiger partial charge >= 0.3 is 0 Å². The average Bonchev–Trinajstić information content (AvgIpc) is 2.96. The molecule has 0 atom stereocenters. The zero-order valence-electron chi connectivity index (χ0n) is 12.8. The van der Waals surface area contributed by atoms with Crippen molar-refractivity contribution in [2.45, 2.75) is 26.3 Å². The molecule has 0 aliphatic heterocycles. The van der Waals surface area contributed by atoms with Gasteiger partial charge in [-0.15, -0.1) is 11.3 Å². The number of nitrogens with zero attached hydrogens (tertiary/aromatic N) is 1. The smallest absolute Gasteiger partial charge is 0.220 e. The number of methoxy groups -OCH3 is 1. The van der Waals surface area contributed by atoms with Crippen LogP contribution in [0.25, 0.3) is 0 Å². The molecule has 0 saturated carbocycles. The van der Waals surface area contributed by atoms with E-state index in [9.17, 15) is 4.79 Å². The van der Waals surface area contributed by atoms with Gasteiger partial charge in [0.05, 0.1) is 25.3 Å². The van der Waals surface area contributed by atoms with Crippen LogP contribution in [0.2, 0.25) is 0 Å². The van der Waals surface area contributed by atoms with Gasteiger partial charge in [0.15, 0.2) is 0 Å². The van der Waals surface area contributed by atoms with Gasteiger partial charge in [0, 0.05) is 17.5 Å². The molecule has 118 valence electrons. The van der Waals surface area contributed by atoms with E-state index in [4.69, 9.17) is 9.47 Å². The summed E-state index contributed by atoms with van der Waals surface area (Å²) in [4.78, 5) is 16.9. The molecule has 1 amide bonds. The fourth-order valence-electron chi connectivity index (χ4n) is 1.86. The van der Waals surface area contributed by atoms with E-state index in [1.807, 2.05) is 31.2 Å². The summed E-state index contributed by atoms with van der Waals surface area (Å²) in [6.45, 7) is 3.01. The first-order chi connectivity index (χ1) is 10.7. The molecule has 0 bridgehead atoms. The van der Waals surface area contributed by atoms with E-state index in [1.54, 1.807) is 24.6 Å². The van der Waals surface area contributed by atoms with Crippen LogP contribution in [0.5, 0.6) is 11.5 Å². The van der Waals surface area contributed by atoms with Crippen molar-refractivity contribution in [2.24, 2.45) is 0 Å². The molecular weight excluding hydrogens is 300 g/mol. The zero-order chi connectivity index (χ0) is 15.8. The number of nitrogens with one attached hydrogen (secondary N) is 1. The van der Waals surface area contributed by atoms with Crippen molar-refractivity contribution in [3.05, 3.63) is 40.3 Å². The van der Waals surface area contributed by atoms with Crippen LogP contribution in [0.3, 0.4) is 0 Å². The lowest BCUT2D eigenvalue weighted by molar-refractivity contribution is -0.121. The zero-order valence-corrected chi connectivity index (χ0v) is 13.6. The fraction of sp³-hybridized carbons (Fsp3) is 0.375. The van der Waals surface area contributed by atoms with Gasteiger partial charge in [0.1, 0.15) is 11.5 Å². The topological polar surface area (TPSA) is 60.5 Å². The van der Waals surface area contributed by atoms with Crippen molar-refractivity contribution in [1.82, 2.24) is 10.3 Å². The number of carbonyl (C=O) groups excluding carboxylic acids is 1. The van der Waals surface area contributed by atoms with Crippen molar-refractivity contribution in [1.29, 1.82) is 0 Å². The predicted octanol–water partition coefficient (Wildman–Crippen LogP) is 2.94. The molecular formula is C16H20N2O3S.